The highest BCUT2D eigenvalue weighted by molar-refractivity contribution is 9.10. The number of carbonyl (C=O) groups is 1. The van der Waals surface area contributed by atoms with E-state index < -0.39 is 0 Å². The van der Waals surface area contributed by atoms with E-state index in [2.05, 4.69) is 43.0 Å². The van der Waals surface area contributed by atoms with Crippen molar-refractivity contribution in [3.05, 3.63) is 44.7 Å². The molecule has 106 valence electrons. The zero-order chi connectivity index (χ0) is 14.4. The van der Waals surface area contributed by atoms with E-state index in [-0.39, 0.29) is 5.91 Å². The first-order chi connectivity index (χ1) is 9.70. The van der Waals surface area contributed by atoms with Gasteiger partial charge in [0.05, 0.1) is 5.56 Å². The van der Waals surface area contributed by atoms with Crippen molar-refractivity contribution < 1.29 is 4.79 Å². The van der Waals surface area contributed by atoms with Crippen molar-refractivity contribution in [2.24, 2.45) is 0 Å². The van der Waals surface area contributed by atoms with Crippen molar-refractivity contribution in [2.75, 3.05) is 18.4 Å². The van der Waals surface area contributed by atoms with Gasteiger partial charge in [0.2, 0.25) is 0 Å². The molecule has 1 amide bonds. The third kappa shape index (κ3) is 4.05. The number of hydrogen-bond donors (Lipinski definition) is 2. The van der Waals surface area contributed by atoms with E-state index in [1.807, 2.05) is 12.3 Å². The van der Waals surface area contributed by atoms with Crippen LogP contribution in [-0.2, 0) is 6.42 Å². The molecule has 20 heavy (non-hydrogen) atoms. The van der Waals surface area contributed by atoms with Crippen LogP contribution in [0.15, 0.2) is 33.6 Å². The van der Waals surface area contributed by atoms with Gasteiger partial charge in [-0.05, 0) is 57.7 Å². The van der Waals surface area contributed by atoms with Gasteiger partial charge in [-0.25, -0.2) is 4.98 Å². The van der Waals surface area contributed by atoms with Crippen molar-refractivity contribution in [3.8, 4) is 0 Å². The average molecular weight is 354 g/mol. The number of amides is 1. The molecule has 2 rings (SSSR count). The minimum atomic E-state index is -0.107. The normalized spacial score (nSPS) is 10.3. The molecule has 2 N–H and O–H groups in total. The topological polar surface area (TPSA) is 54.0 Å². The highest BCUT2D eigenvalue weighted by atomic mass is 79.9. The van der Waals surface area contributed by atoms with Crippen molar-refractivity contribution in [1.29, 1.82) is 0 Å². The van der Waals surface area contributed by atoms with E-state index >= 15 is 0 Å². The first kappa shape index (κ1) is 15.0. The molecule has 0 bridgehead atoms. The Kier molecular flexibility index (Phi) is 5.55. The number of pyridine rings is 1. The molecule has 2 aromatic rings. The molecular formula is C14H16BrN3OS. The fourth-order valence-corrected chi connectivity index (χ4v) is 2.81. The van der Waals surface area contributed by atoms with E-state index in [1.54, 1.807) is 23.6 Å². The number of aromatic nitrogens is 1. The summed E-state index contributed by atoms with van der Waals surface area (Å²) in [6.45, 7) is 3.32. The SMILES string of the molecule is CCNc1ncc(Br)cc1C(=O)NCCc1ccsc1. The summed E-state index contributed by atoms with van der Waals surface area (Å²) in [6.07, 6.45) is 2.52. The van der Waals surface area contributed by atoms with Gasteiger partial charge < -0.3 is 10.6 Å². The van der Waals surface area contributed by atoms with Gasteiger partial charge >= 0.3 is 0 Å². The van der Waals surface area contributed by atoms with E-state index in [4.69, 9.17) is 0 Å². The van der Waals surface area contributed by atoms with Crippen LogP contribution in [-0.4, -0.2) is 24.0 Å². The molecule has 0 spiro atoms. The van der Waals surface area contributed by atoms with Crippen LogP contribution in [0.3, 0.4) is 0 Å². The zero-order valence-corrected chi connectivity index (χ0v) is 13.6. The van der Waals surface area contributed by atoms with Gasteiger partial charge in [0.25, 0.3) is 5.91 Å². The second kappa shape index (κ2) is 7.40. The molecule has 0 fully saturated rings. The van der Waals surface area contributed by atoms with Crippen LogP contribution >= 0.6 is 27.3 Å². The number of thiophene rings is 1. The van der Waals surface area contributed by atoms with Gasteiger partial charge in [0, 0.05) is 23.8 Å². The number of rotatable bonds is 6. The molecule has 2 heterocycles. The highest BCUT2D eigenvalue weighted by Gasteiger charge is 2.12. The van der Waals surface area contributed by atoms with Crippen LogP contribution in [0.5, 0.6) is 0 Å². The third-order valence-corrected chi connectivity index (χ3v) is 3.89. The molecule has 2 aromatic heterocycles. The van der Waals surface area contributed by atoms with Crippen LogP contribution in [0, 0.1) is 0 Å². The van der Waals surface area contributed by atoms with Crippen LogP contribution in [0.25, 0.3) is 0 Å². The summed E-state index contributed by atoms with van der Waals surface area (Å²) >= 11 is 5.01. The maximum atomic E-state index is 12.2. The minimum Gasteiger partial charge on any atom is -0.370 e. The number of hydrogen-bond acceptors (Lipinski definition) is 4. The number of carbonyl (C=O) groups excluding carboxylic acids is 1. The van der Waals surface area contributed by atoms with Crippen LogP contribution in [0.1, 0.15) is 22.8 Å². The number of nitrogens with one attached hydrogen (secondary N) is 2. The van der Waals surface area contributed by atoms with Crippen LogP contribution < -0.4 is 10.6 Å². The summed E-state index contributed by atoms with van der Waals surface area (Å²) in [5.41, 5.74) is 1.81. The van der Waals surface area contributed by atoms with Gasteiger partial charge in [0.15, 0.2) is 0 Å². The summed E-state index contributed by atoms with van der Waals surface area (Å²) in [5.74, 6) is 0.508. The molecule has 0 radical (unpaired) electrons. The molecule has 0 atom stereocenters. The Balaban J connectivity index is 1.99. The molecule has 0 aromatic carbocycles. The fourth-order valence-electron chi connectivity index (χ4n) is 1.77. The Bertz CT molecular complexity index is 572. The van der Waals surface area contributed by atoms with Gasteiger partial charge in [0.1, 0.15) is 5.82 Å². The molecule has 0 aliphatic rings. The Morgan fingerprint density at radius 1 is 1.50 bits per heavy atom. The van der Waals surface area contributed by atoms with Gasteiger partial charge in [-0.15, -0.1) is 0 Å². The van der Waals surface area contributed by atoms with E-state index in [0.29, 0.717) is 17.9 Å². The maximum Gasteiger partial charge on any atom is 0.255 e. The standard InChI is InChI=1S/C14H16BrN3OS/c1-2-16-13-12(7-11(15)8-18-13)14(19)17-5-3-10-4-6-20-9-10/h4,6-9H,2-3,5H2,1H3,(H,16,18)(H,17,19). The lowest BCUT2D eigenvalue weighted by molar-refractivity contribution is 0.0954. The maximum absolute atomic E-state index is 12.2. The molecule has 0 unspecified atom stereocenters. The van der Waals surface area contributed by atoms with Crippen molar-refractivity contribution >= 4 is 39.0 Å². The predicted molar refractivity (Wildman–Crippen MR) is 86.5 cm³/mol. The molecule has 4 nitrogen and oxygen atoms in total. The molecule has 0 saturated heterocycles. The molecule has 6 heteroatoms. The Hall–Kier alpha value is -1.40. The summed E-state index contributed by atoms with van der Waals surface area (Å²) in [4.78, 5) is 16.4. The molecule has 0 aliphatic carbocycles. The summed E-state index contributed by atoms with van der Waals surface area (Å²) in [7, 11) is 0. The third-order valence-electron chi connectivity index (χ3n) is 2.72. The minimum absolute atomic E-state index is 0.107. The quantitative estimate of drug-likeness (QED) is 0.837. The Morgan fingerprint density at radius 2 is 2.35 bits per heavy atom. The Morgan fingerprint density at radius 3 is 3.05 bits per heavy atom. The molecular weight excluding hydrogens is 338 g/mol. The summed E-state index contributed by atoms with van der Waals surface area (Å²) in [5, 5.41) is 10.2. The first-order valence-corrected chi connectivity index (χ1v) is 8.13. The van der Waals surface area contributed by atoms with Crippen molar-refractivity contribution in [2.45, 2.75) is 13.3 Å². The number of anilines is 1. The molecule has 0 saturated carbocycles. The highest BCUT2D eigenvalue weighted by Crippen LogP contribution is 2.18. The van der Waals surface area contributed by atoms with Crippen molar-refractivity contribution in [3.63, 3.8) is 0 Å². The van der Waals surface area contributed by atoms with Crippen molar-refractivity contribution in [1.82, 2.24) is 10.3 Å². The largest absolute Gasteiger partial charge is 0.370 e. The molecule has 0 aliphatic heterocycles. The lowest BCUT2D eigenvalue weighted by atomic mass is 10.2. The van der Waals surface area contributed by atoms with Crippen LogP contribution in [0.4, 0.5) is 5.82 Å². The monoisotopic (exact) mass is 353 g/mol. The summed E-state index contributed by atoms with van der Waals surface area (Å²) in [6, 6.07) is 3.85. The summed E-state index contributed by atoms with van der Waals surface area (Å²) < 4.78 is 0.794. The smallest absolute Gasteiger partial charge is 0.255 e. The van der Waals surface area contributed by atoms with Crippen LogP contribution in [0.2, 0.25) is 0 Å². The predicted octanol–water partition coefficient (Wildman–Crippen LogP) is 3.31. The van der Waals surface area contributed by atoms with Gasteiger partial charge in [-0.2, -0.15) is 11.3 Å². The van der Waals surface area contributed by atoms with E-state index in [0.717, 1.165) is 17.4 Å². The Labute approximate surface area is 130 Å². The lowest BCUT2D eigenvalue weighted by Crippen LogP contribution is -2.26. The fraction of sp³-hybridized carbons (Fsp3) is 0.286. The zero-order valence-electron chi connectivity index (χ0n) is 11.1. The second-order valence-electron chi connectivity index (χ2n) is 4.22. The van der Waals surface area contributed by atoms with Gasteiger partial charge in [-0.1, -0.05) is 0 Å². The number of nitrogens with zero attached hydrogens (tertiary/aromatic N) is 1. The first-order valence-electron chi connectivity index (χ1n) is 6.39. The van der Waals surface area contributed by atoms with E-state index in [1.165, 1.54) is 5.56 Å². The van der Waals surface area contributed by atoms with E-state index in [9.17, 15) is 4.79 Å². The van der Waals surface area contributed by atoms with Gasteiger partial charge in [-0.3, -0.25) is 4.79 Å². The lowest BCUT2D eigenvalue weighted by Gasteiger charge is -2.10. The second-order valence-corrected chi connectivity index (χ2v) is 5.91. The number of halogens is 1. The average Bonchev–Trinajstić information content (AvgIpc) is 2.94.